The minimum Gasteiger partial charge on any atom is -0.310 e. The van der Waals surface area contributed by atoms with Crippen molar-refractivity contribution < 1.29 is 64.4 Å². The van der Waals surface area contributed by atoms with Gasteiger partial charge in [-0.25, -0.2) is 0 Å². The summed E-state index contributed by atoms with van der Waals surface area (Å²) in [7, 11) is 0. The lowest BCUT2D eigenvalue weighted by Crippen LogP contribution is -2.16. The van der Waals surface area contributed by atoms with Gasteiger partial charge < -0.3 is 4.90 Å². The molecule has 0 saturated carbocycles. The molecule has 10 aromatic carbocycles. The average molecular weight is 853 g/mol. The van der Waals surface area contributed by atoms with Crippen LogP contribution in [0.1, 0.15) is 114 Å². The molecule has 300 valence electrons. The maximum absolute atomic E-state index is 10.3. The quantitative estimate of drug-likeness (QED) is 0.161. The first-order valence-electron chi connectivity index (χ1n) is 41.9. The SMILES string of the molecule is [2H]c1c([2H])c([2H])c2c(c1[2H])-c1c([2H])c([2H])c(-c3c([2H])c([2H])c([2H])c(N(c4c([2H])c([2H])c(-c5c([2H])c([2H])c6c([2H])c([2H])c([2H])c([2H])c6c5-c5c([2H])c([2H])c6c([2H])c([2H])c([2H])c([2H])c6c5[2H])c([2H])c4[2H])c4c([2H])c([2H])c5c(c4[2H])C(C([2H])([2H])[2H])(C([2H])([2H])[2H])c4c([2H])c([2H])c([2H])c([2H])c4-5)c3[2H])c([2H])c1C2(C([2H])([2H])[2H])C([2H])([2H])[2H]. The number of anilines is 3. The zero-order valence-electron chi connectivity index (χ0n) is 78.4. The zero-order chi connectivity index (χ0) is 82.9. The van der Waals surface area contributed by atoms with Crippen LogP contribution in [0.15, 0.2) is 211 Å². The van der Waals surface area contributed by atoms with Crippen LogP contribution in [0.3, 0.4) is 0 Å². The van der Waals surface area contributed by atoms with Gasteiger partial charge in [0.1, 0.15) is 0 Å². The van der Waals surface area contributed by atoms with Crippen molar-refractivity contribution in [3.05, 3.63) is 234 Å². The topological polar surface area (TPSA) is 3.24 Å². The van der Waals surface area contributed by atoms with E-state index < -0.39 is 366 Å². The smallest absolute Gasteiger partial charge is 0.0651 e. The highest BCUT2D eigenvalue weighted by molar-refractivity contribution is 6.06. The van der Waals surface area contributed by atoms with E-state index >= 15 is 0 Å². The average Bonchev–Trinajstić information content (AvgIpc) is 1.49. The van der Waals surface area contributed by atoms with E-state index in [0.717, 1.165) is 0 Å². The Hall–Kier alpha value is -7.48. The molecule has 63 heavy (non-hydrogen) atoms. The molecule has 12 rings (SSSR count). The number of hydrogen-bond acceptors (Lipinski definition) is 1. The van der Waals surface area contributed by atoms with E-state index in [2.05, 4.69) is 0 Å². The van der Waals surface area contributed by atoms with Crippen LogP contribution >= 0.6 is 0 Å². The van der Waals surface area contributed by atoms with Crippen molar-refractivity contribution in [2.24, 2.45) is 0 Å². The molecule has 0 aromatic heterocycles. The van der Waals surface area contributed by atoms with Crippen LogP contribution in [0.2, 0.25) is 0 Å². The van der Waals surface area contributed by atoms with Gasteiger partial charge in [-0.3, -0.25) is 0 Å². The second-order valence-corrected chi connectivity index (χ2v) is 14.0. The van der Waals surface area contributed by atoms with Crippen LogP contribution in [0.5, 0.6) is 0 Å². The molecule has 0 saturated heterocycles. The monoisotopic (exact) mass is 853 g/mol. The van der Waals surface area contributed by atoms with E-state index in [1.165, 1.54) is 0 Å². The third-order valence-corrected chi connectivity index (χ3v) is 10.4. The summed E-state index contributed by atoms with van der Waals surface area (Å²) in [5, 5.41) is -3.51. The normalized spacial score (nSPS) is 25.4. The summed E-state index contributed by atoms with van der Waals surface area (Å²) in [6, 6.07) is -47.4. The van der Waals surface area contributed by atoms with Crippen molar-refractivity contribution in [2.75, 3.05) is 4.90 Å². The lowest BCUT2D eigenvalue weighted by Gasteiger charge is -2.29. The molecule has 2 aliphatic rings. The third-order valence-electron chi connectivity index (χ3n) is 10.4. The molecule has 0 aliphatic heterocycles. The Kier molecular flexibility index (Phi) is 2.85. The van der Waals surface area contributed by atoms with Gasteiger partial charge in [0, 0.05) is 44.3 Å². The third kappa shape index (κ3) is 5.84. The molecule has 0 amide bonds. The predicted molar refractivity (Wildman–Crippen MR) is 268 cm³/mol. The molecule has 0 bridgehead atoms. The van der Waals surface area contributed by atoms with Crippen molar-refractivity contribution in [1.29, 1.82) is 0 Å². The van der Waals surface area contributed by atoms with Gasteiger partial charge in [0.25, 0.3) is 0 Å². The molecule has 0 unspecified atom stereocenters. The first-order valence-corrected chi connectivity index (χ1v) is 18.4. The molecule has 1 heteroatoms. The summed E-state index contributed by atoms with van der Waals surface area (Å²) in [6.45, 7) is -16.7. The van der Waals surface area contributed by atoms with Crippen LogP contribution in [0.25, 0.3) is 77.2 Å². The molecule has 1 nitrogen and oxygen atoms in total. The maximum Gasteiger partial charge on any atom is 0.0651 e. The van der Waals surface area contributed by atoms with E-state index in [9.17, 15) is 27.4 Å². The van der Waals surface area contributed by atoms with E-state index in [-0.39, 0.29) is 4.90 Å². The fraction of sp³-hybridized carbons (Fsp3) is 0.0968. The van der Waals surface area contributed by atoms with Gasteiger partial charge in [0.05, 0.1) is 48.0 Å². The molecule has 2 aliphatic carbocycles. The van der Waals surface area contributed by atoms with Crippen LogP contribution in [0.4, 0.5) is 17.1 Å². The molecule has 0 atom stereocenters. The Bertz CT molecular complexity index is 5920. The standard InChI is InChI=1S/C62H47N/c1-61(2)56-22-11-9-20-52(56)54-34-29-45(38-58(54)61)44-17-13-18-48(37-44)63(49-32-35-55-53-21-10-12-23-57(53)62(3,4)59(55)39-49)47-30-26-42(27-31-47)51-33-28-41-15-7-8-19-50(41)60(51)46-25-24-40-14-5-6-16-43(40)36-46/h5-39H,1-4H3/i1D3,2D3,3D3,4D3,5D,6D,7D,8D,9D,10D,11D,12D,13D,14D,15D,16D,17D,18D,19D,20D,21D,22D,23D,24D,25D,26D,27D,28D,29D,30D,31D,32D,33D,34D,35D,36D,37D,38D,39D. The van der Waals surface area contributed by atoms with Crippen molar-refractivity contribution in [2.45, 2.75) is 38.2 Å². The highest BCUT2D eigenvalue weighted by atomic mass is 15.1. The van der Waals surface area contributed by atoms with E-state index in [0.29, 0.717) is 0 Å². The minimum atomic E-state index is -4.24. The first kappa shape index (κ1) is 12.8. The Morgan fingerprint density at radius 1 is 0.333 bits per heavy atom. The number of rotatable bonds is 6. The number of hydrogen-bond donors (Lipinski definition) is 0. The van der Waals surface area contributed by atoms with Crippen LogP contribution in [-0.4, -0.2) is 0 Å². The molecule has 0 radical (unpaired) electrons. The fourth-order valence-electron chi connectivity index (χ4n) is 7.49. The Morgan fingerprint density at radius 2 is 0.857 bits per heavy atom. The van der Waals surface area contributed by atoms with Crippen molar-refractivity contribution >= 4 is 38.6 Å². The van der Waals surface area contributed by atoms with E-state index in [1.807, 2.05) is 0 Å². The van der Waals surface area contributed by atoms with Crippen LogP contribution in [0, 0.1) is 0 Å². The van der Waals surface area contributed by atoms with Gasteiger partial charge in [-0.05, 0) is 148 Å². The predicted octanol–water partition coefficient (Wildman–Crippen LogP) is 17.1. The highest BCUT2D eigenvalue weighted by Gasteiger charge is 2.37. The largest absolute Gasteiger partial charge is 0.310 e. The summed E-state index contributed by atoms with van der Waals surface area (Å²) in [4.78, 5) is -0.0690. The van der Waals surface area contributed by atoms with Crippen LogP contribution < -0.4 is 4.90 Å². The summed E-state index contributed by atoms with van der Waals surface area (Å²) in [5.41, 5.74) is -30.5. The Balaban J connectivity index is 1.33. The summed E-state index contributed by atoms with van der Waals surface area (Å²) in [5.74, 6) is 0. The summed E-state index contributed by atoms with van der Waals surface area (Å²) < 4.78 is 436. The Labute approximate surface area is 436 Å². The van der Waals surface area contributed by atoms with E-state index in [1.54, 1.807) is 0 Å². The molecule has 0 heterocycles. The van der Waals surface area contributed by atoms with Gasteiger partial charge in [-0.15, -0.1) is 0 Å². The summed E-state index contributed by atoms with van der Waals surface area (Å²) >= 11 is 0. The van der Waals surface area contributed by atoms with Crippen molar-refractivity contribution in [3.8, 4) is 55.6 Å². The van der Waals surface area contributed by atoms with Crippen LogP contribution in [-0.2, 0) is 10.8 Å². The first-order chi connectivity index (χ1) is 50.4. The maximum atomic E-state index is 10.3. The number of benzene rings is 10. The van der Waals surface area contributed by atoms with Gasteiger partial charge in [0.15, 0.2) is 0 Å². The molecular weight excluding hydrogens is 759 g/mol. The molecule has 0 fully saturated rings. The fourth-order valence-corrected chi connectivity index (χ4v) is 7.49. The van der Waals surface area contributed by atoms with Gasteiger partial charge in [0.2, 0.25) is 0 Å². The van der Waals surface area contributed by atoms with Gasteiger partial charge in [-0.1, -0.05) is 191 Å². The van der Waals surface area contributed by atoms with Gasteiger partial charge in [-0.2, -0.15) is 0 Å². The second kappa shape index (κ2) is 14.0. The second-order valence-electron chi connectivity index (χ2n) is 14.0. The molecule has 0 spiro atoms. The van der Waals surface area contributed by atoms with Crippen molar-refractivity contribution in [1.82, 2.24) is 0 Å². The zero-order valence-corrected chi connectivity index (χ0v) is 31.4. The summed E-state index contributed by atoms with van der Waals surface area (Å²) in [6.07, 6.45) is 0. The number of fused-ring (bicyclic) bond motifs is 8. The lowest BCUT2D eigenvalue weighted by molar-refractivity contribution is 0.660. The Morgan fingerprint density at radius 3 is 1.60 bits per heavy atom. The van der Waals surface area contributed by atoms with Crippen molar-refractivity contribution in [3.63, 3.8) is 0 Å². The lowest BCUT2D eigenvalue weighted by atomic mass is 9.81. The molecule has 0 N–H and O–H groups in total. The van der Waals surface area contributed by atoms with E-state index in [4.69, 9.17) is 37.0 Å². The molecular formula is C62H47N. The molecule has 10 aromatic rings. The number of nitrogens with zero attached hydrogens (tertiary/aromatic N) is 1. The minimum absolute atomic E-state index is 0.0690. The highest BCUT2D eigenvalue weighted by Crippen LogP contribution is 2.52. The van der Waals surface area contributed by atoms with Gasteiger partial charge >= 0.3 is 0 Å².